The molecule has 64 valence electrons. The van der Waals surface area contributed by atoms with Gasteiger partial charge in [0.1, 0.15) is 0 Å². The van der Waals surface area contributed by atoms with Crippen LogP contribution in [0.5, 0.6) is 0 Å². The van der Waals surface area contributed by atoms with Gasteiger partial charge in [-0.15, -0.1) is 0 Å². The number of likely N-dealkylation sites (tertiary alicyclic amines) is 1. The average molecular weight is 154 g/mol. The fourth-order valence-electron chi connectivity index (χ4n) is 1.27. The van der Waals surface area contributed by atoms with E-state index in [2.05, 4.69) is 17.9 Å². The largest absolute Gasteiger partial charge is 0.290 e. The van der Waals surface area contributed by atoms with E-state index in [0.29, 0.717) is 6.54 Å². The molecule has 1 aliphatic rings. The third-order valence-corrected chi connectivity index (χ3v) is 1.80. The SMILES string of the molecule is CC.CC1CCN(CC#N)C1. The Labute approximate surface area is 69.8 Å². The van der Waals surface area contributed by atoms with Crippen LogP contribution in [0.2, 0.25) is 0 Å². The van der Waals surface area contributed by atoms with Crippen molar-refractivity contribution in [3.63, 3.8) is 0 Å². The lowest BCUT2D eigenvalue weighted by molar-refractivity contribution is 0.368. The van der Waals surface area contributed by atoms with E-state index in [1.54, 1.807) is 0 Å². The summed E-state index contributed by atoms with van der Waals surface area (Å²) in [7, 11) is 0. The van der Waals surface area contributed by atoms with Gasteiger partial charge in [0, 0.05) is 6.54 Å². The van der Waals surface area contributed by atoms with Gasteiger partial charge in [0.2, 0.25) is 0 Å². The molecule has 0 N–H and O–H groups in total. The minimum absolute atomic E-state index is 0.615. The van der Waals surface area contributed by atoms with Crippen LogP contribution in [0.15, 0.2) is 0 Å². The average Bonchev–Trinajstić information content (AvgIpc) is 2.41. The van der Waals surface area contributed by atoms with E-state index in [-0.39, 0.29) is 0 Å². The van der Waals surface area contributed by atoms with Crippen LogP contribution in [0.4, 0.5) is 0 Å². The highest BCUT2D eigenvalue weighted by Crippen LogP contribution is 2.13. The molecule has 0 spiro atoms. The minimum Gasteiger partial charge on any atom is -0.290 e. The first-order valence-corrected chi connectivity index (χ1v) is 4.42. The molecule has 0 aliphatic carbocycles. The number of nitrogens with zero attached hydrogens (tertiary/aromatic N) is 2. The zero-order valence-electron chi connectivity index (χ0n) is 7.80. The summed E-state index contributed by atoms with van der Waals surface area (Å²) in [6.45, 7) is 9.09. The Kier molecular flexibility index (Phi) is 5.87. The van der Waals surface area contributed by atoms with E-state index < -0.39 is 0 Å². The molecular weight excluding hydrogens is 136 g/mol. The molecule has 0 bridgehead atoms. The fourth-order valence-corrected chi connectivity index (χ4v) is 1.27. The first-order chi connectivity index (χ1) is 5.33. The second-order valence-corrected chi connectivity index (χ2v) is 2.79. The Bertz CT molecular complexity index is 126. The summed E-state index contributed by atoms with van der Waals surface area (Å²) in [5.41, 5.74) is 0. The highest BCUT2D eigenvalue weighted by Gasteiger charge is 2.16. The molecule has 0 radical (unpaired) electrons. The third-order valence-electron chi connectivity index (χ3n) is 1.80. The molecule has 0 aromatic heterocycles. The number of rotatable bonds is 1. The lowest BCUT2D eigenvalue weighted by atomic mass is 10.2. The van der Waals surface area contributed by atoms with Crippen molar-refractivity contribution in [1.29, 1.82) is 5.26 Å². The number of nitriles is 1. The van der Waals surface area contributed by atoms with Gasteiger partial charge in [0.25, 0.3) is 0 Å². The van der Waals surface area contributed by atoms with E-state index in [1.807, 2.05) is 13.8 Å². The quantitative estimate of drug-likeness (QED) is 0.539. The fraction of sp³-hybridized carbons (Fsp3) is 0.889. The van der Waals surface area contributed by atoms with Crippen LogP contribution in [0, 0.1) is 17.2 Å². The monoisotopic (exact) mass is 154 g/mol. The number of hydrogen-bond donors (Lipinski definition) is 0. The Morgan fingerprint density at radius 2 is 2.18 bits per heavy atom. The smallest absolute Gasteiger partial charge is 0.0866 e. The Morgan fingerprint density at radius 3 is 2.55 bits per heavy atom. The molecule has 0 aromatic carbocycles. The maximum absolute atomic E-state index is 8.32. The Balaban J connectivity index is 0.000000461. The van der Waals surface area contributed by atoms with Crippen molar-refractivity contribution in [1.82, 2.24) is 4.90 Å². The molecule has 0 amide bonds. The van der Waals surface area contributed by atoms with Gasteiger partial charge in [0.15, 0.2) is 0 Å². The predicted molar refractivity (Wildman–Crippen MR) is 47.2 cm³/mol. The summed E-state index contributed by atoms with van der Waals surface area (Å²) >= 11 is 0. The van der Waals surface area contributed by atoms with E-state index in [0.717, 1.165) is 19.0 Å². The van der Waals surface area contributed by atoms with Crippen molar-refractivity contribution in [3.8, 4) is 6.07 Å². The van der Waals surface area contributed by atoms with Gasteiger partial charge in [-0.05, 0) is 18.9 Å². The van der Waals surface area contributed by atoms with Gasteiger partial charge >= 0.3 is 0 Å². The first kappa shape index (κ1) is 10.4. The summed E-state index contributed by atoms with van der Waals surface area (Å²) in [5.74, 6) is 0.804. The van der Waals surface area contributed by atoms with E-state index in [9.17, 15) is 0 Å². The molecule has 0 saturated carbocycles. The van der Waals surface area contributed by atoms with Crippen molar-refractivity contribution >= 4 is 0 Å². The molecule has 2 heteroatoms. The Morgan fingerprint density at radius 1 is 1.55 bits per heavy atom. The zero-order chi connectivity index (χ0) is 8.69. The molecule has 1 rings (SSSR count). The molecule has 1 aliphatic heterocycles. The molecule has 0 aromatic rings. The molecule has 1 saturated heterocycles. The summed E-state index contributed by atoms with van der Waals surface area (Å²) in [5, 5.41) is 8.32. The lowest BCUT2D eigenvalue weighted by Crippen LogP contribution is -2.20. The van der Waals surface area contributed by atoms with Crippen LogP contribution in [-0.2, 0) is 0 Å². The topological polar surface area (TPSA) is 27.0 Å². The molecule has 2 nitrogen and oxygen atoms in total. The highest BCUT2D eigenvalue weighted by atomic mass is 15.1. The van der Waals surface area contributed by atoms with Crippen LogP contribution >= 0.6 is 0 Å². The third kappa shape index (κ3) is 4.00. The molecular formula is C9H18N2. The standard InChI is InChI=1S/C7H12N2.C2H6/c1-7-2-4-9(6-7)5-3-8;1-2/h7H,2,4-6H2,1H3;1-2H3. The van der Waals surface area contributed by atoms with Gasteiger partial charge in [-0.1, -0.05) is 20.8 Å². The van der Waals surface area contributed by atoms with Crippen LogP contribution in [-0.4, -0.2) is 24.5 Å². The second-order valence-electron chi connectivity index (χ2n) is 2.79. The van der Waals surface area contributed by atoms with Gasteiger partial charge in [0.05, 0.1) is 12.6 Å². The van der Waals surface area contributed by atoms with Crippen molar-refractivity contribution in [3.05, 3.63) is 0 Å². The highest BCUT2D eigenvalue weighted by molar-refractivity contribution is 4.81. The van der Waals surface area contributed by atoms with Crippen molar-refractivity contribution in [2.45, 2.75) is 27.2 Å². The van der Waals surface area contributed by atoms with Crippen LogP contribution in [0.25, 0.3) is 0 Å². The van der Waals surface area contributed by atoms with Crippen LogP contribution < -0.4 is 0 Å². The van der Waals surface area contributed by atoms with Gasteiger partial charge in [-0.3, -0.25) is 4.90 Å². The van der Waals surface area contributed by atoms with Gasteiger partial charge in [-0.2, -0.15) is 5.26 Å². The van der Waals surface area contributed by atoms with Crippen molar-refractivity contribution in [2.75, 3.05) is 19.6 Å². The second kappa shape index (κ2) is 6.18. The molecule has 1 atom stereocenters. The Hall–Kier alpha value is -0.550. The molecule has 1 heterocycles. The van der Waals surface area contributed by atoms with Crippen molar-refractivity contribution in [2.24, 2.45) is 5.92 Å². The zero-order valence-corrected chi connectivity index (χ0v) is 7.80. The molecule has 1 fully saturated rings. The lowest BCUT2D eigenvalue weighted by Gasteiger charge is -2.07. The first-order valence-electron chi connectivity index (χ1n) is 4.42. The summed E-state index contributed by atoms with van der Waals surface area (Å²) in [4.78, 5) is 2.20. The van der Waals surface area contributed by atoms with E-state index >= 15 is 0 Å². The van der Waals surface area contributed by atoms with Crippen LogP contribution in [0.3, 0.4) is 0 Å². The molecule has 1 unspecified atom stereocenters. The van der Waals surface area contributed by atoms with E-state index in [4.69, 9.17) is 5.26 Å². The van der Waals surface area contributed by atoms with E-state index in [1.165, 1.54) is 6.42 Å². The minimum atomic E-state index is 0.615. The maximum Gasteiger partial charge on any atom is 0.0866 e. The van der Waals surface area contributed by atoms with Gasteiger partial charge in [-0.25, -0.2) is 0 Å². The molecule has 11 heavy (non-hydrogen) atoms. The summed E-state index contributed by atoms with van der Waals surface area (Å²) in [6, 6.07) is 2.16. The maximum atomic E-state index is 8.32. The normalized spacial score (nSPS) is 23.6. The summed E-state index contributed by atoms with van der Waals surface area (Å²) < 4.78 is 0. The van der Waals surface area contributed by atoms with Gasteiger partial charge < -0.3 is 0 Å². The van der Waals surface area contributed by atoms with Crippen LogP contribution in [0.1, 0.15) is 27.2 Å². The predicted octanol–water partition coefficient (Wildman–Crippen LogP) is 1.88. The van der Waals surface area contributed by atoms with Crippen molar-refractivity contribution < 1.29 is 0 Å². The summed E-state index contributed by atoms with van der Waals surface area (Å²) in [6.07, 6.45) is 1.27. The number of hydrogen-bond acceptors (Lipinski definition) is 2.